The maximum atomic E-state index is 13.5. The zero-order chi connectivity index (χ0) is 23.4. The number of imide groups is 1. The Morgan fingerprint density at radius 3 is 2.24 bits per heavy atom. The molecule has 0 unspecified atom stereocenters. The molecule has 0 radical (unpaired) electrons. The summed E-state index contributed by atoms with van der Waals surface area (Å²) in [5.41, 5.74) is 2.44. The highest BCUT2D eigenvalue weighted by molar-refractivity contribution is 6.35. The highest BCUT2D eigenvalue weighted by Crippen LogP contribution is 2.34. The van der Waals surface area contributed by atoms with Crippen LogP contribution in [0.3, 0.4) is 0 Å². The number of benzene rings is 1. The third-order valence-electron chi connectivity index (χ3n) is 5.85. The summed E-state index contributed by atoms with van der Waals surface area (Å²) < 4.78 is 5.74. The molecule has 1 fully saturated rings. The first-order chi connectivity index (χ1) is 16.0. The predicted octanol–water partition coefficient (Wildman–Crippen LogP) is 1.76. The number of rotatable bonds is 8. The Balaban J connectivity index is 1.65. The van der Waals surface area contributed by atoms with Crippen molar-refractivity contribution in [2.45, 2.75) is 26.5 Å². The number of carbonyl (C=O) groups excluding carboxylic acids is 2. The fraction of sp³-hybridized carbons (Fsp3) is 0.400. The number of β-amino-alcohol motifs (C(OH)–C–C–N with tert-alkyl or cyclic N) is 1. The molecule has 1 N–H and O–H groups in total. The lowest BCUT2D eigenvalue weighted by molar-refractivity contribution is -0.138. The quantitative estimate of drug-likeness (QED) is 0.614. The Labute approximate surface area is 194 Å². The van der Waals surface area contributed by atoms with Gasteiger partial charge in [-0.05, 0) is 49.2 Å². The minimum atomic E-state index is -0.290. The molecule has 0 saturated carbocycles. The van der Waals surface area contributed by atoms with Crippen LogP contribution in [0.4, 0.5) is 0 Å². The lowest BCUT2D eigenvalue weighted by atomic mass is 10.0. The maximum absolute atomic E-state index is 13.5. The van der Waals surface area contributed by atoms with Crippen molar-refractivity contribution >= 4 is 17.4 Å². The molecular formula is C25H30N4O4. The van der Waals surface area contributed by atoms with Gasteiger partial charge in [-0.1, -0.05) is 12.1 Å². The van der Waals surface area contributed by atoms with Crippen LogP contribution in [-0.4, -0.2) is 82.0 Å². The van der Waals surface area contributed by atoms with E-state index >= 15 is 0 Å². The van der Waals surface area contributed by atoms with Crippen LogP contribution < -0.4 is 4.74 Å². The van der Waals surface area contributed by atoms with E-state index in [4.69, 9.17) is 4.74 Å². The number of amides is 2. The zero-order valence-corrected chi connectivity index (χ0v) is 19.1. The number of nitrogens with zero attached hydrogens (tertiary/aromatic N) is 4. The number of piperazine rings is 1. The van der Waals surface area contributed by atoms with Gasteiger partial charge in [-0.25, -0.2) is 0 Å². The number of pyridine rings is 1. The van der Waals surface area contributed by atoms with Gasteiger partial charge in [-0.15, -0.1) is 0 Å². The van der Waals surface area contributed by atoms with E-state index in [1.165, 1.54) is 4.90 Å². The maximum Gasteiger partial charge on any atom is 0.278 e. The number of ether oxygens (including phenoxy) is 1. The van der Waals surface area contributed by atoms with Gasteiger partial charge in [0.1, 0.15) is 11.4 Å². The zero-order valence-electron chi connectivity index (χ0n) is 19.1. The number of hydrogen-bond acceptors (Lipinski definition) is 7. The minimum Gasteiger partial charge on any atom is -0.491 e. The number of aliphatic hydroxyl groups excluding tert-OH is 1. The Kier molecular flexibility index (Phi) is 7.05. The number of aliphatic hydroxyl groups is 1. The smallest absolute Gasteiger partial charge is 0.278 e. The van der Waals surface area contributed by atoms with Gasteiger partial charge in [-0.3, -0.25) is 24.4 Å². The molecule has 4 rings (SSSR count). The Bertz CT molecular complexity index is 1010. The number of hydrogen-bond donors (Lipinski definition) is 1. The van der Waals surface area contributed by atoms with Crippen molar-refractivity contribution in [2.24, 2.45) is 0 Å². The van der Waals surface area contributed by atoms with E-state index in [0.29, 0.717) is 36.5 Å². The molecule has 2 aliphatic rings. The predicted molar refractivity (Wildman–Crippen MR) is 124 cm³/mol. The highest BCUT2D eigenvalue weighted by Gasteiger charge is 2.42. The molecule has 8 heteroatoms. The first-order valence-corrected chi connectivity index (χ1v) is 11.3. The topological polar surface area (TPSA) is 86.2 Å². The second kappa shape index (κ2) is 10.1. The summed E-state index contributed by atoms with van der Waals surface area (Å²) in [6.07, 6.45) is 3.36. The third kappa shape index (κ3) is 5.07. The highest BCUT2D eigenvalue weighted by atomic mass is 16.5. The summed E-state index contributed by atoms with van der Waals surface area (Å²) in [5, 5.41) is 9.23. The van der Waals surface area contributed by atoms with Gasteiger partial charge in [0.15, 0.2) is 0 Å². The summed E-state index contributed by atoms with van der Waals surface area (Å²) in [4.78, 5) is 36.6. The summed E-state index contributed by atoms with van der Waals surface area (Å²) in [6.45, 7) is 7.53. The molecule has 2 aromatic rings. The molecule has 0 bridgehead atoms. The van der Waals surface area contributed by atoms with Crippen LogP contribution in [0, 0.1) is 0 Å². The van der Waals surface area contributed by atoms with E-state index < -0.39 is 0 Å². The van der Waals surface area contributed by atoms with Gasteiger partial charge in [0.2, 0.25) is 0 Å². The van der Waals surface area contributed by atoms with Crippen molar-refractivity contribution < 1.29 is 19.4 Å². The molecule has 0 spiro atoms. The summed E-state index contributed by atoms with van der Waals surface area (Å²) in [7, 11) is 0. The molecule has 1 aromatic heterocycles. The lowest BCUT2D eigenvalue weighted by Gasteiger charge is -2.36. The molecule has 2 aliphatic heterocycles. The average Bonchev–Trinajstić information content (AvgIpc) is 3.05. The SMILES string of the molecule is CC(C)Oc1ccc(C2=C(N3CCN(CCO)CC3)C(=O)N(Cc3ccncc3)C2=O)cc1. The van der Waals surface area contributed by atoms with Crippen molar-refractivity contribution in [2.75, 3.05) is 39.3 Å². The second-order valence-electron chi connectivity index (χ2n) is 8.52. The average molecular weight is 451 g/mol. The van der Waals surface area contributed by atoms with E-state index in [2.05, 4.69) is 9.88 Å². The van der Waals surface area contributed by atoms with Crippen molar-refractivity contribution in [3.8, 4) is 5.75 Å². The van der Waals surface area contributed by atoms with Gasteiger partial charge in [0.05, 0.1) is 24.8 Å². The Morgan fingerprint density at radius 1 is 0.970 bits per heavy atom. The van der Waals surface area contributed by atoms with Gasteiger partial charge < -0.3 is 14.7 Å². The molecule has 1 saturated heterocycles. The van der Waals surface area contributed by atoms with Crippen LogP contribution in [0.1, 0.15) is 25.0 Å². The minimum absolute atomic E-state index is 0.0476. The lowest BCUT2D eigenvalue weighted by Crippen LogP contribution is -2.48. The molecule has 0 aliphatic carbocycles. The molecule has 1 aromatic carbocycles. The number of carbonyl (C=O) groups is 2. The van der Waals surface area contributed by atoms with Crippen LogP contribution >= 0.6 is 0 Å². The Hall–Kier alpha value is -3.23. The Morgan fingerprint density at radius 2 is 1.64 bits per heavy atom. The molecular weight excluding hydrogens is 420 g/mol. The van der Waals surface area contributed by atoms with Crippen LogP contribution in [0.25, 0.3) is 5.57 Å². The largest absolute Gasteiger partial charge is 0.491 e. The van der Waals surface area contributed by atoms with Gasteiger partial charge in [-0.2, -0.15) is 0 Å². The first-order valence-electron chi connectivity index (χ1n) is 11.3. The standard InChI is InChI=1S/C25H30N4O4/c1-18(2)33-21-5-3-20(4-6-21)22-23(28-13-11-27(12-14-28)15-16-30)25(32)29(24(22)31)17-19-7-9-26-10-8-19/h3-10,18,30H,11-17H2,1-2H3. The van der Waals surface area contributed by atoms with E-state index in [0.717, 1.165) is 24.4 Å². The van der Waals surface area contributed by atoms with Gasteiger partial charge >= 0.3 is 0 Å². The van der Waals surface area contributed by atoms with Crippen molar-refractivity contribution in [3.05, 3.63) is 65.6 Å². The van der Waals surface area contributed by atoms with Crippen molar-refractivity contribution in [1.29, 1.82) is 0 Å². The van der Waals surface area contributed by atoms with E-state index in [9.17, 15) is 14.7 Å². The summed E-state index contributed by atoms with van der Waals surface area (Å²) >= 11 is 0. The fourth-order valence-electron chi connectivity index (χ4n) is 4.24. The van der Waals surface area contributed by atoms with E-state index in [1.54, 1.807) is 12.4 Å². The van der Waals surface area contributed by atoms with Crippen LogP contribution in [0.5, 0.6) is 5.75 Å². The van der Waals surface area contributed by atoms with E-state index in [-0.39, 0.29) is 31.1 Å². The first kappa shape index (κ1) is 22.9. The summed E-state index contributed by atoms with van der Waals surface area (Å²) in [6, 6.07) is 11.0. The van der Waals surface area contributed by atoms with Crippen LogP contribution in [-0.2, 0) is 16.1 Å². The van der Waals surface area contributed by atoms with Crippen molar-refractivity contribution in [3.63, 3.8) is 0 Å². The molecule has 8 nitrogen and oxygen atoms in total. The van der Waals surface area contributed by atoms with Crippen molar-refractivity contribution in [1.82, 2.24) is 19.7 Å². The molecule has 3 heterocycles. The monoisotopic (exact) mass is 450 g/mol. The van der Waals surface area contributed by atoms with Crippen LogP contribution in [0.2, 0.25) is 0 Å². The molecule has 33 heavy (non-hydrogen) atoms. The number of aromatic nitrogens is 1. The summed E-state index contributed by atoms with van der Waals surface area (Å²) in [5.74, 6) is 0.158. The molecule has 0 atom stereocenters. The normalized spacial score (nSPS) is 17.5. The van der Waals surface area contributed by atoms with E-state index in [1.807, 2.05) is 55.1 Å². The van der Waals surface area contributed by atoms with Gasteiger partial charge in [0, 0.05) is 45.1 Å². The second-order valence-corrected chi connectivity index (χ2v) is 8.52. The fourth-order valence-corrected chi connectivity index (χ4v) is 4.24. The van der Waals surface area contributed by atoms with Crippen LogP contribution in [0.15, 0.2) is 54.5 Å². The molecule has 2 amide bonds. The third-order valence-corrected chi connectivity index (χ3v) is 5.85. The molecule has 174 valence electrons. The van der Waals surface area contributed by atoms with Gasteiger partial charge in [0.25, 0.3) is 11.8 Å².